The lowest BCUT2D eigenvalue weighted by Gasteiger charge is -2.35. The molecule has 2 nitrogen and oxygen atoms in total. The van der Waals surface area contributed by atoms with E-state index in [0.29, 0.717) is 5.56 Å². The number of aliphatic imine (C=N–C) groups is 1. The molecule has 2 aliphatic rings. The maximum atomic E-state index is 8.98. The van der Waals surface area contributed by atoms with Crippen LogP contribution in [0.15, 0.2) is 35.0 Å². The topological polar surface area (TPSA) is 36.1 Å². The number of benzene rings is 1. The average Bonchev–Trinajstić information content (AvgIpc) is 2.28. The highest BCUT2D eigenvalue weighted by atomic mass is 14.8. The normalized spacial score (nSPS) is 18.9. The molecule has 1 heterocycles. The van der Waals surface area contributed by atoms with Crippen LogP contribution in [-0.4, -0.2) is 6.21 Å². The summed E-state index contributed by atoms with van der Waals surface area (Å²) in [6.07, 6.45) is 6.01. The third-order valence-electron chi connectivity index (χ3n) is 3.53. The van der Waals surface area contributed by atoms with Crippen molar-refractivity contribution in [3.8, 4) is 6.07 Å². The summed E-state index contributed by atoms with van der Waals surface area (Å²) in [5.74, 6) is 0. The molecule has 0 fully saturated rings. The van der Waals surface area contributed by atoms with Gasteiger partial charge >= 0.3 is 0 Å². The van der Waals surface area contributed by atoms with E-state index in [2.05, 4.69) is 37.1 Å². The molecule has 1 aliphatic carbocycles. The summed E-state index contributed by atoms with van der Waals surface area (Å²) in [7, 11) is 0. The fourth-order valence-electron chi connectivity index (χ4n) is 2.48. The molecule has 0 saturated heterocycles. The zero-order chi connectivity index (χ0) is 12.0. The predicted octanol–water partition coefficient (Wildman–Crippen LogP) is 3.41. The first-order valence-corrected chi connectivity index (χ1v) is 5.64. The van der Waals surface area contributed by atoms with Crippen molar-refractivity contribution in [2.24, 2.45) is 10.4 Å². The molecular weight excluding hydrogens is 208 g/mol. The molecule has 2 heteroatoms. The maximum Gasteiger partial charge on any atom is 0.0991 e. The molecule has 0 amide bonds. The standard InChI is InChI=1S/C15H12N2/c1-15(2)13-5-6-17-14(15)8-11-4-3-10(9-16)7-12(11)13/h3-8H,1-2H3. The second kappa shape index (κ2) is 3.18. The predicted molar refractivity (Wildman–Crippen MR) is 69.4 cm³/mol. The van der Waals surface area contributed by atoms with Crippen LogP contribution in [-0.2, 0) is 0 Å². The highest BCUT2D eigenvalue weighted by Crippen LogP contribution is 2.48. The summed E-state index contributed by atoms with van der Waals surface area (Å²) >= 11 is 0. The smallest absolute Gasteiger partial charge is 0.0991 e. The van der Waals surface area contributed by atoms with E-state index in [-0.39, 0.29) is 5.41 Å². The van der Waals surface area contributed by atoms with Crippen LogP contribution in [0.4, 0.5) is 0 Å². The summed E-state index contributed by atoms with van der Waals surface area (Å²) < 4.78 is 0. The summed E-state index contributed by atoms with van der Waals surface area (Å²) in [5.41, 5.74) is 5.30. The van der Waals surface area contributed by atoms with Crippen molar-refractivity contribution < 1.29 is 0 Å². The Hall–Kier alpha value is -2.14. The van der Waals surface area contributed by atoms with Gasteiger partial charge in [-0.15, -0.1) is 0 Å². The molecule has 1 aromatic carbocycles. The number of hydrogen-bond donors (Lipinski definition) is 0. The Balaban J connectivity index is 2.32. The quantitative estimate of drug-likeness (QED) is 0.660. The molecule has 82 valence electrons. The minimum atomic E-state index is -0.0597. The van der Waals surface area contributed by atoms with Crippen LogP contribution in [0.25, 0.3) is 11.6 Å². The van der Waals surface area contributed by atoms with Crippen molar-refractivity contribution in [2.45, 2.75) is 13.8 Å². The van der Waals surface area contributed by atoms with E-state index in [1.165, 1.54) is 5.57 Å². The van der Waals surface area contributed by atoms with Gasteiger partial charge in [-0.25, -0.2) is 0 Å². The van der Waals surface area contributed by atoms with Crippen LogP contribution >= 0.6 is 0 Å². The van der Waals surface area contributed by atoms with Crippen molar-refractivity contribution in [1.29, 1.82) is 5.26 Å². The number of nitrogens with zero attached hydrogens (tertiary/aromatic N) is 2. The second-order valence-corrected chi connectivity index (χ2v) is 4.93. The van der Waals surface area contributed by atoms with E-state index >= 15 is 0 Å². The third-order valence-corrected chi connectivity index (χ3v) is 3.53. The van der Waals surface area contributed by atoms with Crippen LogP contribution in [0, 0.1) is 16.7 Å². The Morgan fingerprint density at radius 1 is 1.29 bits per heavy atom. The molecule has 0 aromatic heterocycles. The summed E-state index contributed by atoms with van der Waals surface area (Å²) in [6.45, 7) is 4.34. The van der Waals surface area contributed by atoms with Crippen LogP contribution in [0.5, 0.6) is 0 Å². The van der Waals surface area contributed by atoms with Gasteiger partial charge in [0.05, 0.1) is 17.3 Å². The molecule has 0 radical (unpaired) electrons. The lowest BCUT2D eigenvalue weighted by molar-refractivity contribution is 0.593. The largest absolute Gasteiger partial charge is 0.260 e. The first kappa shape index (κ1) is 10.0. The van der Waals surface area contributed by atoms with Gasteiger partial charge in [0.15, 0.2) is 0 Å². The third kappa shape index (κ3) is 1.29. The van der Waals surface area contributed by atoms with E-state index < -0.39 is 0 Å². The van der Waals surface area contributed by atoms with Gasteiger partial charge in [-0.05, 0) is 41.0 Å². The molecule has 0 unspecified atom stereocenters. The van der Waals surface area contributed by atoms with Crippen molar-refractivity contribution in [2.75, 3.05) is 0 Å². The van der Waals surface area contributed by atoms with Crippen molar-refractivity contribution >= 4 is 17.9 Å². The van der Waals surface area contributed by atoms with Gasteiger partial charge in [0.1, 0.15) is 0 Å². The number of allylic oxidation sites excluding steroid dienone is 2. The average molecular weight is 220 g/mol. The summed E-state index contributed by atoms with van der Waals surface area (Å²) in [5, 5.41) is 8.98. The minimum Gasteiger partial charge on any atom is -0.260 e. The zero-order valence-electron chi connectivity index (χ0n) is 9.86. The van der Waals surface area contributed by atoms with E-state index in [4.69, 9.17) is 5.26 Å². The van der Waals surface area contributed by atoms with E-state index in [9.17, 15) is 0 Å². The van der Waals surface area contributed by atoms with E-state index in [1.54, 1.807) is 0 Å². The molecule has 1 aromatic rings. The Labute approximate surface area is 101 Å². The van der Waals surface area contributed by atoms with Gasteiger partial charge in [0, 0.05) is 11.6 Å². The SMILES string of the molecule is CC1(C)C2=Cc3ccc(C#N)cc3C1=CC=N2. The number of dihydropyridines is 1. The molecule has 0 saturated carbocycles. The molecule has 1 aliphatic heterocycles. The number of fused-ring (bicyclic) bond motifs is 4. The van der Waals surface area contributed by atoms with Gasteiger partial charge in [0.2, 0.25) is 0 Å². The van der Waals surface area contributed by atoms with Crippen LogP contribution in [0.2, 0.25) is 0 Å². The first-order valence-electron chi connectivity index (χ1n) is 5.64. The van der Waals surface area contributed by atoms with Gasteiger partial charge in [0.25, 0.3) is 0 Å². The lowest BCUT2D eigenvalue weighted by Crippen LogP contribution is -2.22. The zero-order valence-corrected chi connectivity index (χ0v) is 9.86. The fourth-order valence-corrected chi connectivity index (χ4v) is 2.48. The monoisotopic (exact) mass is 220 g/mol. The van der Waals surface area contributed by atoms with Crippen LogP contribution in [0.3, 0.4) is 0 Å². The fraction of sp³-hybridized carbons (Fsp3) is 0.200. The molecule has 0 atom stereocenters. The number of rotatable bonds is 0. The summed E-state index contributed by atoms with van der Waals surface area (Å²) in [4.78, 5) is 4.44. The Bertz CT molecular complexity index is 637. The van der Waals surface area contributed by atoms with Gasteiger partial charge in [-0.2, -0.15) is 5.26 Å². The first-order chi connectivity index (χ1) is 8.13. The van der Waals surface area contributed by atoms with Crippen molar-refractivity contribution in [3.63, 3.8) is 0 Å². The van der Waals surface area contributed by atoms with E-state index in [1.807, 2.05) is 24.4 Å². The number of hydrogen-bond acceptors (Lipinski definition) is 2. The van der Waals surface area contributed by atoms with E-state index in [0.717, 1.165) is 16.8 Å². The van der Waals surface area contributed by atoms with Gasteiger partial charge in [-0.3, -0.25) is 4.99 Å². The van der Waals surface area contributed by atoms with Gasteiger partial charge in [-0.1, -0.05) is 19.9 Å². The Kier molecular flexibility index (Phi) is 1.88. The molecule has 17 heavy (non-hydrogen) atoms. The molecule has 2 bridgehead atoms. The van der Waals surface area contributed by atoms with Crippen LogP contribution in [0.1, 0.15) is 30.5 Å². The molecular formula is C15H12N2. The highest BCUT2D eigenvalue weighted by Gasteiger charge is 2.34. The molecule has 0 N–H and O–H groups in total. The second-order valence-electron chi connectivity index (χ2n) is 4.93. The van der Waals surface area contributed by atoms with Crippen molar-refractivity contribution in [1.82, 2.24) is 0 Å². The van der Waals surface area contributed by atoms with Crippen molar-refractivity contribution in [3.05, 3.63) is 46.7 Å². The Morgan fingerprint density at radius 2 is 2.12 bits per heavy atom. The highest BCUT2D eigenvalue weighted by molar-refractivity contribution is 5.96. The molecule has 0 spiro atoms. The molecule has 3 rings (SSSR count). The van der Waals surface area contributed by atoms with Crippen LogP contribution < -0.4 is 0 Å². The minimum absolute atomic E-state index is 0.0597. The van der Waals surface area contributed by atoms with Gasteiger partial charge < -0.3 is 0 Å². The lowest BCUT2D eigenvalue weighted by atomic mass is 9.71. The maximum absolute atomic E-state index is 8.98. The Morgan fingerprint density at radius 3 is 2.88 bits per heavy atom. The summed E-state index contributed by atoms with van der Waals surface area (Å²) in [6, 6.07) is 8.02. The number of nitriles is 1.